The van der Waals surface area contributed by atoms with E-state index < -0.39 is 0 Å². The lowest BCUT2D eigenvalue weighted by Crippen LogP contribution is -2.12. The number of anilines is 1. The van der Waals surface area contributed by atoms with Crippen LogP contribution in [0.25, 0.3) is 0 Å². The zero-order chi connectivity index (χ0) is 13.0. The molecule has 1 aromatic carbocycles. The van der Waals surface area contributed by atoms with E-state index in [1.165, 1.54) is 11.3 Å². The number of methoxy groups -OCH3 is 1. The Balaban J connectivity index is 2.11. The molecular weight excluding hydrogens is 250 g/mol. The number of hydrogen-bond acceptors (Lipinski definition) is 5. The molecule has 1 amide bonds. The predicted octanol–water partition coefficient (Wildman–Crippen LogP) is 2.25. The lowest BCUT2D eigenvalue weighted by Gasteiger charge is -2.04. The minimum absolute atomic E-state index is 0.191. The normalized spacial score (nSPS) is 10.3. The first-order chi connectivity index (χ1) is 8.69. The summed E-state index contributed by atoms with van der Waals surface area (Å²) in [5.41, 5.74) is 1.54. The van der Waals surface area contributed by atoms with Crippen molar-refractivity contribution in [1.82, 2.24) is 10.2 Å². The first-order valence-electron chi connectivity index (χ1n) is 5.38. The molecule has 2 aromatic rings. The van der Waals surface area contributed by atoms with Gasteiger partial charge in [0.2, 0.25) is 5.13 Å². The Labute approximate surface area is 109 Å². The SMILES string of the molecule is COCc1cccc(C(=O)Nc2nnc(C)s2)c1. The van der Waals surface area contributed by atoms with E-state index in [-0.39, 0.29) is 5.91 Å². The summed E-state index contributed by atoms with van der Waals surface area (Å²) in [5, 5.41) is 11.7. The highest BCUT2D eigenvalue weighted by Gasteiger charge is 2.09. The number of nitrogens with one attached hydrogen (secondary N) is 1. The molecule has 0 spiro atoms. The fourth-order valence-electron chi connectivity index (χ4n) is 1.49. The van der Waals surface area contributed by atoms with Crippen LogP contribution in [0.15, 0.2) is 24.3 Å². The molecule has 18 heavy (non-hydrogen) atoms. The summed E-state index contributed by atoms with van der Waals surface area (Å²) in [6, 6.07) is 7.29. The zero-order valence-corrected chi connectivity index (χ0v) is 11.0. The molecule has 0 unspecified atom stereocenters. The molecule has 0 saturated heterocycles. The molecule has 0 bridgehead atoms. The monoisotopic (exact) mass is 263 g/mol. The minimum atomic E-state index is -0.191. The van der Waals surface area contributed by atoms with Gasteiger partial charge >= 0.3 is 0 Å². The van der Waals surface area contributed by atoms with Gasteiger partial charge < -0.3 is 4.74 Å². The Morgan fingerprint density at radius 3 is 2.94 bits per heavy atom. The van der Waals surface area contributed by atoms with Crippen LogP contribution < -0.4 is 5.32 Å². The van der Waals surface area contributed by atoms with Crippen molar-refractivity contribution in [1.29, 1.82) is 0 Å². The molecule has 0 atom stereocenters. The molecule has 0 saturated carbocycles. The number of aromatic nitrogens is 2. The molecule has 0 aliphatic rings. The van der Waals surface area contributed by atoms with Crippen molar-refractivity contribution in [3.8, 4) is 0 Å². The molecule has 94 valence electrons. The van der Waals surface area contributed by atoms with Crippen molar-refractivity contribution in [2.24, 2.45) is 0 Å². The van der Waals surface area contributed by atoms with Crippen molar-refractivity contribution in [2.75, 3.05) is 12.4 Å². The average Bonchev–Trinajstić information content (AvgIpc) is 2.75. The fourth-order valence-corrected chi connectivity index (χ4v) is 2.07. The summed E-state index contributed by atoms with van der Waals surface area (Å²) >= 11 is 1.35. The molecular formula is C12H13N3O2S. The van der Waals surface area contributed by atoms with Gasteiger partial charge in [-0.1, -0.05) is 23.5 Å². The third-order valence-electron chi connectivity index (χ3n) is 2.25. The summed E-state index contributed by atoms with van der Waals surface area (Å²) in [5.74, 6) is -0.191. The van der Waals surface area contributed by atoms with Crippen LogP contribution >= 0.6 is 11.3 Å². The summed E-state index contributed by atoms with van der Waals surface area (Å²) in [7, 11) is 1.62. The summed E-state index contributed by atoms with van der Waals surface area (Å²) in [6.45, 7) is 2.32. The van der Waals surface area contributed by atoms with Gasteiger partial charge in [-0.2, -0.15) is 0 Å². The van der Waals surface area contributed by atoms with Gasteiger partial charge in [0.05, 0.1) is 6.61 Å². The van der Waals surface area contributed by atoms with Crippen molar-refractivity contribution >= 4 is 22.4 Å². The first-order valence-corrected chi connectivity index (χ1v) is 6.20. The molecule has 0 aliphatic carbocycles. The van der Waals surface area contributed by atoms with Crippen LogP contribution in [0.1, 0.15) is 20.9 Å². The van der Waals surface area contributed by atoms with Gasteiger partial charge in [-0.15, -0.1) is 10.2 Å². The van der Waals surface area contributed by atoms with Gasteiger partial charge in [0.25, 0.3) is 5.91 Å². The number of amides is 1. The van der Waals surface area contributed by atoms with Crippen LogP contribution in [0.2, 0.25) is 0 Å². The van der Waals surface area contributed by atoms with Crippen molar-refractivity contribution < 1.29 is 9.53 Å². The molecule has 6 heteroatoms. The Kier molecular flexibility index (Phi) is 4.01. The van der Waals surface area contributed by atoms with E-state index in [1.807, 2.05) is 19.1 Å². The van der Waals surface area contributed by atoms with E-state index in [0.29, 0.717) is 17.3 Å². The smallest absolute Gasteiger partial charge is 0.257 e. The largest absolute Gasteiger partial charge is 0.380 e. The Bertz CT molecular complexity index is 554. The highest BCUT2D eigenvalue weighted by molar-refractivity contribution is 7.15. The van der Waals surface area contributed by atoms with Crippen LogP contribution in [0.5, 0.6) is 0 Å². The number of carbonyl (C=O) groups excluding carboxylic acids is 1. The molecule has 1 heterocycles. The second-order valence-electron chi connectivity index (χ2n) is 3.71. The molecule has 0 aliphatic heterocycles. The summed E-state index contributed by atoms with van der Waals surface area (Å²) in [6.07, 6.45) is 0. The predicted molar refractivity (Wildman–Crippen MR) is 69.8 cm³/mol. The topological polar surface area (TPSA) is 64.1 Å². The number of carbonyl (C=O) groups is 1. The van der Waals surface area contributed by atoms with Crippen molar-refractivity contribution in [2.45, 2.75) is 13.5 Å². The third-order valence-corrected chi connectivity index (χ3v) is 3.00. The first kappa shape index (κ1) is 12.7. The van der Waals surface area contributed by atoms with E-state index in [9.17, 15) is 4.79 Å². The standard InChI is InChI=1S/C12H13N3O2S/c1-8-14-15-12(18-8)13-11(16)10-5-3-4-9(6-10)7-17-2/h3-6H,7H2,1-2H3,(H,13,15,16). The van der Waals surface area contributed by atoms with Crippen molar-refractivity contribution in [3.63, 3.8) is 0 Å². The highest BCUT2D eigenvalue weighted by atomic mass is 32.1. The number of aryl methyl sites for hydroxylation is 1. The Hall–Kier alpha value is -1.79. The second-order valence-corrected chi connectivity index (χ2v) is 4.90. The van der Waals surface area contributed by atoms with E-state index in [0.717, 1.165) is 10.6 Å². The quantitative estimate of drug-likeness (QED) is 0.918. The van der Waals surface area contributed by atoms with Crippen LogP contribution in [0, 0.1) is 6.92 Å². The van der Waals surface area contributed by atoms with E-state index >= 15 is 0 Å². The van der Waals surface area contributed by atoms with Crippen LogP contribution in [-0.2, 0) is 11.3 Å². The minimum Gasteiger partial charge on any atom is -0.380 e. The molecule has 1 N–H and O–H groups in total. The van der Waals surface area contributed by atoms with E-state index in [4.69, 9.17) is 4.74 Å². The van der Waals surface area contributed by atoms with Gasteiger partial charge in [-0.3, -0.25) is 10.1 Å². The number of nitrogens with zero attached hydrogens (tertiary/aromatic N) is 2. The van der Waals surface area contributed by atoms with Gasteiger partial charge in [-0.25, -0.2) is 0 Å². The zero-order valence-electron chi connectivity index (χ0n) is 10.1. The van der Waals surface area contributed by atoms with Crippen molar-refractivity contribution in [3.05, 3.63) is 40.4 Å². The van der Waals surface area contributed by atoms with Crippen LogP contribution in [0.3, 0.4) is 0 Å². The molecule has 2 rings (SSSR count). The van der Waals surface area contributed by atoms with E-state index in [2.05, 4.69) is 15.5 Å². The summed E-state index contributed by atoms with van der Waals surface area (Å²) in [4.78, 5) is 12.0. The van der Waals surface area contributed by atoms with Gasteiger partial charge in [0.1, 0.15) is 5.01 Å². The number of hydrogen-bond donors (Lipinski definition) is 1. The molecule has 0 radical (unpaired) electrons. The number of rotatable bonds is 4. The second kappa shape index (κ2) is 5.70. The van der Waals surface area contributed by atoms with Gasteiger partial charge in [0, 0.05) is 12.7 Å². The van der Waals surface area contributed by atoms with Gasteiger partial charge in [-0.05, 0) is 24.6 Å². The molecule has 5 nitrogen and oxygen atoms in total. The number of benzene rings is 1. The molecule has 0 fully saturated rings. The van der Waals surface area contributed by atoms with Gasteiger partial charge in [0.15, 0.2) is 0 Å². The van der Waals surface area contributed by atoms with E-state index in [1.54, 1.807) is 19.2 Å². The maximum Gasteiger partial charge on any atom is 0.257 e. The maximum atomic E-state index is 12.0. The number of ether oxygens (including phenoxy) is 1. The molecule has 1 aromatic heterocycles. The van der Waals surface area contributed by atoms with Crippen LogP contribution in [0.4, 0.5) is 5.13 Å². The average molecular weight is 263 g/mol. The fraction of sp³-hybridized carbons (Fsp3) is 0.250. The highest BCUT2D eigenvalue weighted by Crippen LogP contribution is 2.15. The third kappa shape index (κ3) is 3.12. The Morgan fingerprint density at radius 2 is 2.28 bits per heavy atom. The lowest BCUT2D eigenvalue weighted by molar-refractivity contribution is 0.102. The lowest BCUT2D eigenvalue weighted by atomic mass is 10.1. The summed E-state index contributed by atoms with van der Waals surface area (Å²) < 4.78 is 5.03. The van der Waals surface area contributed by atoms with Crippen LogP contribution in [-0.4, -0.2) is 23.2 Å². The Morgan fingerprint density at radius 1 is 1.44 bits per heavy atom. The maximum absolute atomic E-state index is 12.0.